The standard InChI is InChI=1S/C17H30N4/c1-14-12-20-21(13-14)11-10-19-17-7-3-2-6-15(17)16-8-4-5-9-18-16/h12-13,15-19H,2-11H2,1H3. The molecule has 4 heteroatoms. The molecule has 3 unspecified atom stereocenters. The molecular formula is C17H30N4. The zero-order valence-electron chi connectivity index (χ0n) is 13.4. The van der Waals surface area contributed by atoms with Crippen molar-refractivity contribution in [3.05, 3.63) is 18.0 Å². The van der Waals surface area contributed by atoms with Gasteiger partial charge in [0.15, 0.2) is 0 Å². The molecule has 1 aromatic rings. The lowest BCUT2D eigenvalue weighted by Gasteiger charge is -2.40. The minimum absolute atomic E-state index is 0.700. The first-order chi connectivity index (χ1) is 10.3. The lowest BCUT2D eigenvalue weighted by molar-refractivity contribution is 0.181. The highest BCUT2D eigenvalue weighted by Gasteiger charge is 2.31. The summed E-state index contributed by atoms with van der Waals surface area (Å²) in [4.78, 5) is 0. The SMILES string of the molecule is Cc1cnn(CCNC2CCCCC2C2CCCCN2)c1. The third-order valence-electron chi connectivity index (χ3n) is 5.19. The second kappa shape index (κ2) is 7.41. The van der Waals surface area contributed by atoms with Crippen LogP contribution in [0.1, 0.15) is 50.5 Å². The molecule has 1 saturated carbocycles. The number of hydrogen-bond donors (Lipinski definition) is 2. The van der Waals surface area contributed by atoms with E-state index in [1.54, 1.807) is 0 Å². The second-order valence-electron chi connectivity index (χ2n) is 6.85. The number of nitrogens with zero attached hydrogens (tertiary/aromatic N) is 2. The van der Waals surface area contributed by atoms with E-state index in [0.717, 1.165) is 25.0 Å². The monoisotopic (exact) mass is 290 g/mol. The van der Waals surface area contributed by atoms with Gasteiger partial charge >= 0.3 is 0 Å². The molecule has 2 fully saturated rings. The van der Waals surface area contributed by atoms with Gasteiger partial charge in [-0.15, -0.1) is 0 Å². The van der Waals surface area contributed by atoms with Gasteiger partial charge in [0.1, 0.15) is 0 Å². The summed E-state index contributed by atoms with van der Waals surface area (Å²) in [5.41, 5.74) is 1.25. The molecule has 21 heavy (non-hydrogen) atoms. The molecule has 4 nitrogen and oxygen atoms in total. The van der Waals surface area contributed by atoms with Crippen LogP contribution in [0.15, 0.2) is 12.4 Å². The first-order valence-electron chi connectivity index (χ1n) is 8.79. The second-order valence-corrected chi connectivity index (χ2v) is 6.85. The minimum atomic E-state index is 0.700. The quantitative estimate of drug-likeness (QED) is 0.875. The maximum atomic E-state index is 4.37. The van der Waals surface area contributed by atoms with Crippen molar-refractivity contribution in [3.8, 4) is 0 Å². The molecule has 1 saturated heterocycles. The van der Waals surface area contributed by atoms with Crippen LogP contribution in [-0.4, -0.2) is 35.0 Å². The lowest BCUT2D eigenvalue weighted by Crippen LogP contribution is -2.51. The van der Waals surface area contributed by atoms with Crippen molar-refractivity contribution in [1.82, 2.24) is 20.4 Å². The molecule has 0 amide bonds. The molecule has 1 aliphatic carbocycles. The summed E-state index contributed by atoms with van der Waals surface area (Å²) in [6.07, 6.45) is 13.8. The van der Waals surface area contributed by atoms with Crippen LogP contribution in [0.25, 0.3) is 0 Å². The molecule has 2 N–H and O–H groups in total. The van der Waals surface area contributed by atoms with Crippen LogP contribution in [-0.2, 0) is 6.54 Å². The molecule has 1 aliphatic heterocycles. The van der Waals surface area contributed by atoms with Crippen molar-refractivity contribution in [2.24, 2.45) is 5.92 Å². The molecule has 1 aromatic heterocycles. The number of aromatic nitrogens is 2. The molecular weight excluding hydrogens is 260 g/mol. The Labute approximate surface area is 128 Å². The normalized spacial score (nSPS) is 30.4. The fourth-order valence-electron chi connectivity index (χ4n) is 4.09. The van der Waals surface area contributed by atoms with Crippen molar-refractivity contribution in [1.29, 1.82) is 0 Å². The highest BCUT2D eigenvalue weighted by atomic mass is 15.3. The Morgan fingerprint density at radius 3 is 2.86 bits per heavy atom. The van der Waals surface area contributed by atoms with E-state index < -0.39 is 0 Å². The Morgan fingerprint density at radius 2 is 2.10 bits per heavy atom. The summed E-state index contributed by atoms with van der Waals surface area (Å²) in [5, 5.41) is 12.0. The van der Waals surface area contributed by atoms with E-state index in [1.165, 1.54) is 57.1 Å². The number of piperidine rings is 1. The van der Waals surface area contributed by atoms with E-state index in [1.807, 2.05) is 6.20 Å². The summed E-state index contributed by atoms with van der Waals surface area (Å²) in [6.45, 7) is 5.34. The van der Waals surface area contributed by atoms with Crippen molar-refractivity contribution < 1.29 is 0 Å². The Morgan fingerprint density at radius 1 is 1.24 bits per heavy atom. The van der Waals surface area contributed by atoms with E-state index in [-0.39, 0.29) is 0 Å². The van der Waals surface area contributed by atoms with Gasteiger partial charge in [0.2, 0.25) is 0 Å². The molecule has 0 bridgehead atoms. The number of nitrogens with one attached hydrogen (secondary N) is 2. The molecule has 0 spiro atoms. The summed E-state index contributed by atoms with van der Waals surface area (Å²) in [7, 11) is 0. The lowest BCUT2D eigenvalue weighted by atomic mass is 9.77. The average Bonchev–Trinajstić information content (AvgIpc) is 2.94. The van der Waals surface area contributed by atoms with E-state index in [2.05, 4.69) is 33.5 Å². The first-order valence-corrected chi connectivity index (χ1v) is 8.79. The highest BCUT2D eigenvalue weighted by Crippen LogP contribution is 2.30. The Balaban J connectivity index is 1.49. The van der Waals surface area contributed by atoms with E-state index in [9.17, 15) is 0 Å². The minimum Gasteiger partial charge on any atom is -0.314 e. The summed E-state index contributed by atoms with van der Waals surface area (Å²) in [5.74, 6) is 0.832. The molecule has 3 atom stereocenters. The van der Waals surface area contributed by atoms with Gasteiger partial charge in [-0.2, -0.15) is 5.10 Å². The van der Waals surface area contributed by atoms with Crippen LogP contribution in [0, 0.1) is 12.8 Å². The molecule has 3 rings (SSSR count). The zero-order valence-corrected chi connectivity index (χ0v) is 13.4. The van der Waals surface area contributed by atoms with E-state index >= 15 is 0 Å². The van der Waals surface area contributed by atoms with Gasteiger partial charge < -0.3 is 10.6 Å². The predicted molar refractivity (Wildman–Crippen MR) is 86.4 cm³/mol. The first kappa shape index (κ1) is 15.0. The summed E-state index contributed by atoms with van der Waals surface area (Å²) >= 11 is 0. The van der Waals surface area contributed by atoms with Crippen LogP contribution < -0.4 is 10.6 Å². The maximum absolute atomic E-state index is 4.37. The van der Waals surface area contributed by atoms with Crippen molar-refractivity contribution in [2.75, 3.05) is 13.1 Å². The van der Waals surface area contributed by atoms with Gasteiger partial charge in [0, 0.05) is 24.8 Å². The maximum Gasteiger partial charge on any atom is 0.0534 e. The molecule has 118 valence electrons. The molecule has 2 aliphatic rings. The zero-order chi connectivity index (χ0) is 14.5. The fourth-order valence-corrected chi connectivity index (χ4v) is 4.09. The third kappa shape index (κ3) is 4.07. The summed E-state index contributed by atoms with van der Waals surface area (Å²) in [6, 6.07) is 1.45. The van der Waals surface area contributed by atoms with Gasteiger partial charge in [-0.05, 0) is 50.6 Å². The Kier molecular flexibility index (Phi) is 5.31. The van der Waals surface area contributed by atoms with E-state index in [0.29, 0.717) is 6.04 Å². The Bertz CT molecular complexity index is 422. The largest absolute Gasteiger partial charge is 0.314 e. The topological polar surface area (TPSA) is 41.9 Å². The van der Waals surface area contributed by atoms with Crippen LogP contribution in [0.3, 0.4) is 0 Å². The van der Waals surface area contributed by atoms with Crippen molar-refractivity contribution in [2.45, 2.75) is 70.5 Å². The Hall–Kier alpha value is -0.870. The van der Waals surface area contributed by atoms with Crippen molar-refractivity contribution in [3.63, 3.8) is 0 Å². The van der Waals surface area contributed by atoms with Crippen LogP contribution in [0.5, 0.6) is 0 Å². The predicted octanol–water partition coefficient (Wildman–Crippen LogP) is 2.48. The molecule has 0 aromatic carbocycles. The van der Waals surface area contributed by atoms with Gasteiger partial charge in [-0.1, -0.05) is 19.3 Å². The van der Waals surface area contributed by atoms with Crippen LogP contribution >= 0.6 is 0 Å². The van der Waals surface area contributed by atoms with Gasteiger partial charge in [-0.3, -0.25) is 4.68 Å². The van der Waals surface area contributed by atoms with Crippen molar-refractivity contribution >= 4 is 0 Å². The van der Waals surface area contributed by atoms with Gasteiger partial charge in [0.25, 0.3) is 0 Å². The number of hydrogen-bond acceptors (Lipinski definition) is 3. The fraction of sp³-hybridized carbons (Fsp3) is 0.824. The number of rotatable bonds is 5. The third-order valence-corrected chi connectivity index (χ3v) is 5.19. The van der Waals surface area contributed by atoms with Crippen LogP contribution in [0.2, 0.25) is 0 Å². The number of aryl methyl sites for hydroxylation is 1. The highest BCUT2D eigenvalue weighted by molar-refractivity contribution is 4.99. The molecule has 0 radical (unpaired) electrons. The smallest absolute Gasteiger partial charge is 0.0534 e. The average molecular weight is 290 g/mol. The molecule has 2 heterocycles. The summed E-state index contributed by atoms with van der Waals surface area (Å²) < 4.78 is 2.05. The van der Waals surface area contributed by atoms with E-state index in [4.69, 9.17) is 0 Å². The van der Waals surface area contributed by atoms with Crippen LogP contribution in [0.4, 0.5) is 0 Å². The van der Waals surface area contributed by atoms with Gasteiger partial charge in [0.05, 0.1) is 12.7 Å². The van der Waals surface area contributed by atoms with Gasteiger partial charge in [-0.25, -0.2) is 0 Å².